The van der Waals surface area contributed by atoms with Crippen LogP contribution in [0.15, 0.2) is 6.20 Å². The van der Waals surface area contributed by atoms with Gasteiger partial charge in [-0.1, -0.05) is 30.9 Å². The molecule has 1 unspecified atom stereocenters. The van der Waals surface area contributed by atoms with Crippen LogP contribution in [0.2, 0.25) is 5.02 Å². The predicted octanol–water partition coefficient (Wildman–Crippen LogP) is 4.03. The van der Waals surface area contributed by atoms with E-state index in [1.54, 1.807) is 0 Å². The first-order valence-corrected chi connectivity index (χ1v) is 9.39. The van der Waals surface area contributed by atoms with Gasteiger partial charge in [0.25, 0.3) is 5.88 Å². The van der Waals surface area contributed by atoms with Crippen molar-refractivity contribution in [3.05, 3.63) is 16.9 Å². The highest BCUT2D eigenvalue weighted by Gasteiger charge is 2.25. The van der Waals surface area contributed by atoms with Gasteiger partial charge in [-0.25, -0.2) is 9.37 Å². The fourth-order valence-corrected chi connectivity index (χ4v) is 3.67. The topological polar surface area (TPSA) is 76.9 Å². The molecule has 140 valence electrons. The predicted molar refractivity (Wildman–Crippen MR) is 98.3 cm³/mol. The van der Waals surface area contributed by atoms with Crippen LogP contribution in [0, 0.1) is 6.92 Å². The maximum atomic E-state index is 14.2. The molecule has 3 heterocycles. The van der Waals surface area contributed by atoms with E-state index in [-0.39, 0.29) is 13.2 Å². The quantitative estimate of drug-likeness (QED) is 0.777. The molecular formula is C17H22ClFN6O. The smallest absolute Gasteiger partial charge is 0.257 e. The van der Waals surface area contributed by atoms with Gasteiger partial charge < -0.3 is 15.4 Å². The van der Waals surface area contributed by atoms with Crippen molar-refractivity contribution in [2.24, 2.45) is 0 Å². The van der Waals surface area contributed by atoms with Crippen molar-refractivity contribution in [2.75, 3.05) is 23.8 Å². The number of nitrogens with one attached hydrogen (secondary N) is 2. The first-order valence-electron chi connectivity index (χ1n) is 9.01. The van der Waals surface area contributed by atoms with Crippen LogP contribution in [0.5, 0.6) is 5.88 Å². The van der Waals surface area contributed by atoms with E-state index >= 15 is 0 Å². The average molecular weight is 381 g/mol. The maximum absolute atomic E-state index is 14.2. The van der Waals surface area contributed by atoms with E-state index in [2.05, 4.69) is 25.7 Å². The highest BCUT2D eigenvalue weighted by molar-refractivity contribution is 6.32. The summed E-state index contributed by atoms with van der Waals surface area (Å²) < 4.78 is 21.9. The number of fused-ring (bicyclic) bond motifs is 3. The number of nitrogens with zero attached hydrogens (tertiary/aromatic N) is 4. The van der Waals surface area contributed by atoms with E-state index < -0.39 is 6.17 Å². The molecule has 0 saturated heterocycles. The number of hydrogen-bond acceptors (Lipinski definition) is 6. The molecule has 2 aromatic heterocycles. The fraction of sp³-hybridized carbons (Fsp3) is 0.588. The fourth-order valence-electron chi connectivity index (χ4n) is 3.52. The van der Waals surface area contributed by atoms with Gasteiger partial charge in [0, 0.05) is 0 Å². The summed E-state index contributed by atoms with van der Waals surface area (Å²) in [4.78, 5) is 8.56. The zero-order chi connectivity index (χ0) is 18.1. The summed E-state index contributed by atoms with van der Waals surface area (Å²) in [7, 11) is 0. The Hall–Kier alpha value is -2.09. The molecule has 2 aromatic rings. The Morgan fingerprint density at radius 3 is 2.92 bits per heavy atom. The van der Waals surface area contributed by atoms with Crippen LogP contribution in [-0.2, 0) is 0 Å². The lowest BCUT2D eigenvalue weighted by Crippen LogP contribution is -2.23. The molecule has 0 amide bonds. The van der Waals surface area contributed by atoms with E-state index in [9.17, 15) is 4.39 Å². The summed E-state index contributed by atoms with van der Waals surface area (Å²) in [5, 5.41) is 11.0. The van der Waals surface area contributed by atoms with Gasteiger partial charge in [0.05, 0.1) is 24.5 Å². The Morgan fingerprint density at radius 1 is 1.31 bits per heavy atom. The van der Waals surface area contributed by atoms with Crippen molar-refractivity contribution in [1.82, 2.24) is 19.7 Å². The summed E-state index contributed by atoms with van der Waals surface area (Å²) in [6, 6.07) is 0.346. The van der Waals surface area contributed by atoms with Crippen LogP contribution in [0.25, 0.3) is 0 Å². The Labute approximate surface area is 156 Å². The van der Waals surface area contributed by atoms with Gasteiger partial charge in [0.2, 0.25) is 5.95 Å². The lowest BCUT2D eigenvalue weighted by molar-refractivity contribution is 0.196. The van der Waals surface area contributed by atoms with Crippen LogP contribution in [-0.4, -0.2) is 39.1 Å². The lowest BCUT2D eigenvalue weighted by atomic mass is 9.95. The Balaban J connectivity index is 1.72. The minimum Gasteiger partial charge on any atom is -0.472 e. The molecule has 7 nitrogen and oxygen atoms in total. The summed E-state index contributed by atoms with van der Waals surface area (Å²) in [5.74, 6) is 1.15. The molecule has 0 aromatic carbocycles. The first-order chi connectivity index (χ1) is 12.6. The maximum Gasteiger partial charge on any atom is 0.257 e. The molecule has 2 aliphatic rings. The van der Waals surface area contributed by atoms with E-state index in [4.69, 9.17) is 16.3 Å². The lowest BCUT2D eigenvalue weighted by Gasteiger charge is -2.23. The number of alkyl halides is 1. The molecule has 0 radical (unpaired) electrons. The zero-order valence-electron chi connectivity index (χ0n) is 14.6. The van der Waals surface area contributed by atoms with E-state index in [1.165, 1.54) is 25.5 Å². The van der Waals surface area contributed by atoms with Crippen LogP contribution in [0.1, 0.15) is 43.8 Å². The van der Waals surface area contributed by atoms with Gasteiger partial charge in [0.15, 0.2) is 12.0 Å². The standard InChI is InChI=1S/C17H22ClFN6O/c1-10-14-16(24-25(10)12-5-3-2-4-6-12)26-9-11(19)7-20-15-13(18)8-21-17(22-14)23-15/h8,11-12H,2-7,9H2,1H3,(H2,20,21,22,23). The minimum absolute atomic E-state index is 0.0494. The van der Waals surface area contributed by atoms with Crippen LogP contribution >= 0.6 is 11.6 Å². The molecule has 2 bridgehead atoms. The van der Waals surface area contributed by atoms with Gasteiger partial charge in [-0.3, -0.25) is 4.68 Å². The zero-order valence-corrected chi connectivity index (χ0v) is 15.4. The number of ether oxygens (including phenoxy) is 1. The molecule has 2 N–H and O–H groups in total. The second-order valence-electron chi connectivity index (χ2n) is 6.81. The Bertz CT molecular complexity index is 792. The average Bonchev–Trinajstić information content (AvgIpc) is 2.95. The summed E-state index contributed by atoms with van der Waals surface area (Å²) >= 11 is 6.09. The Kier molecular flexibility index (Phi) is 4.84. The summed E-state index contributed by atoms with van der Waals surface area (Å²) in [6.45, 7) is 1.94. The third kappa shape index (κ3) is 3.42. The molecule has 1 atom stereocenters. The van der Waals surface area contributed by atoms with Crippen LogP contribution in [0.4, 0.5) is 21.8 Å². The van der Waals surface area contributed by atoms with Crippen molar-refractivity contribution in [2.45, 2.75) is 51.2 Å². The molecule has 4 rings (SSSR count). The van der Waals surface area contributed by atoms with Gasteiger partial charge in [-0.2, -0.15) is 4.98 Å². The third-order valence-corrected chi connectivity index (χ3v) is 5.19. The molecule has 1 fully saturated rings. The largest absolute Gasteiger partial charge is 0.472 e. The second kappa shape index (κ2) is 7.26. The summed E-state index contributed by atoms with van der Waals surface area (Å²) in [6.07, 6.45) is 6.14. The number of anilines is 3. The van der Waals surface area contributed by atoms with Crippen molar-refractivity contribution in [3.8, 4) is 5.88 Å². The van der Waals surface area contributed by atoms with Crippen molar-refractivity contribution in [1.29, 1.82) is 0 Å². The molecular weight excluding hydrogens is 359 g/mol. The number of halogens is 2. The van der Waals surface area contributed by atoms with Crippen molar-refractivity contribution >= 4 is 29.1 Å². The second-order valence-corrected chi connectivity index (χ2v) is 7.21. The molecule has 1 aliphatic heterocycles. The van der Waals surface area contributed by atoms with Crippen molar-refractivity contribution < 1.29 is 9.13 Å². The Morgan fingerprint density at radius 2 is 2.12 bits per heavy atom. The highest BCUT2D eigenvalue weighted by Crippen LogP contribution is 2.36. The monoisotopic (exact) mass is 380 g/mol. The van der Waals surface area contributed by atoms with Crippen LogP contribution in [0.3, 0.4) is 0 Å². The van der Waals surface area contributed by atoms with Gasteiger partial charge >= 0.3 is 0 Å². The van der Waals surface area contributed by atoms with Crippen molar-refractivity contribution in [3.63, 3.8) is 0 Å². The number of aromatic nitrogens is 4. The molecule has 9 heteroatoms. The third-order valence-electron chi connectivity index (χ3n) is 4.91. The van der Waals surface area contributed by atoms with Crippen LogP contribution < -0.4 is 15.4 Å². The van der Waals surface area contributed by atoms with E-state index in [0.717, 1.165) is 18.5 Å². The summed E-state index contributed by atoms with van der Waals surface area (Å²) in [5.41, 5.74) is 1.62. The van der Waals surface area contributed by atoms with E-state index in [1.807, 2.05) is 11.6 Å². The van der Waals surface area contributed by atoms with Gasteiger partial charge in [-0.15, -0.1) is 5.10 Å². The number of hydrogen-bond donors (Lipinski definition) is 2. The minimum atomic E-state index is -1.21. The molecule has 1 aliphatic carbocycles. The molecule has 26 heavy (non-hydrogen) atoms. The highest BCUT2D eigenvalue weighted by atomic mass is 35.5. The van der Waals surface area contributed by atoms with E-state index in [0.29, 0.717) is 34.4 Å². The normalized spacial score (nSPS) is 21.0. The SMILES string of the molecule is Cc1c2c(nn1C1CCCCC1)OCC(F)CNc1nc(ncc1Cl)N2. The van der Waals surface area contributed by atoms with Gasteiger partial charge in [0.1, 0.15) is 17.3 Å². The molecule has 0 spiro atoms. The number of rotatable bonds is 1. The first kappa shape index (κ1) is 17.3. The van der Waals surface area contributed by atoms with Gasteiger partial charge in [-0.05, 0) is 19.8 Å². The molecule has 1 saturated carbocycles.